The van der Waals surface area contributed by atoms with Crippen molar-refractivity contribution in [2.45, 2.75) is 6.92 Å². The molecule has 0 radical (unpaired) electrons. The summed E-state index contributed by atoms with van der Waals surface area (Å²) >= 11 is 9.41. The van der Waals surface area contributed by atoms with Crippen molar-refractivity contribution in [1.82, 2.24) is 0 Å². The van der Waals surface area contributed by atoms with Crippen LogP contribution in [0.3, 0.4) is 0 Å². The third-order valence-electron chi connectivity index (χ3n) is 3.30. The lowest BCUT2D eigenvalue weighted by molar-refractivity contribution is -0.144. The molecule has 0 aliphatic carbocycles. The smallest absolute Gasteiger partial charge is 0.344 e. The summed E-state index contributed by atoms with van der Waals surface area (Å²) in [6.45, 7) is 1.07. The van der Waals surface area contributed by atoms with E-state index in [0.29, 0.717) is 22.1 Å². The molecule has 2 aromatic carbocycles. The van der Waals surface area contributed by atoms with Crippen LogP contribution in [0, 0.1) is 6.92 Å². The van der Waals surface area contributed by atoms with Gasteiger partial charge in [0.05, 0.1) is 17.7 Å². The third-order valence-corrected chi connectivity index (χ3v) is 4.04. The fraction of sp³-hybridized carbons (Fsp3) is 0.222. The molecule has 0 bridgehead atoms. The number of aryl methyl sites for hydroxylation is 1. The number of ether oxygens (including phenoxy) is 3. The normalized spacial score (nSPS) is 10.2. The Hall–Kier alpha value is -2.05. The maximum Gasteiger partial charge on any atom is 0.344 e. The fourth-order valence-corrected chi connectivity index (χ4v) is 3.17. The third kappa shape index (κ3) is 5.21. The van der Waals surface area contributed by atoms with Gasteiger partial charge in [-0.15, -0.1) is 0 Å². The van der Waals surface area contributed by atoms with Gasteiger partial charge in [0.1, 0.15) is 11.5 Å². The van der Waals surface area contributed by atoms with Crippen LogP contribution in [0.5, 0.6) is 11.5 Å². The zero-order valence-electron chi connectivity index (χ0n) is 13.7. The van der Waals surface area contributed by atoms with Crippen LogP contribution < -0.4 is 9.47 Å². The molecular formula is C18H16BrClO5. The highest BCUT2D eigenvalue weighted by Crippen LogP contribution is 2.31. The molecule has 0 unspecified atom stereocenters. The monoisotopic (exact) mass is 426 g/mol. The van der Waals surface area contributed by atoms with Crippen LogP contribution in [-0.2, 0) is 9.53 Å². The maximum atomic E-state index is 12.1. The molecule has 0 atom stereocenters. The summed E-state index contributed by atoms with van der Waals surface area (Å²) in [4.78, 5) is 23.9. The number of methoxy groups -OCH3 is 1. The molecule has 0 saturated carbocycles. The Morgan fingerprint density at radius 1 is 1.16 bits per heavy atom. The van der Waals surface area contributed by atoms with Crippen LogP contribution >= 0.6 is 27.5 Å². The van der Waals surface area contributed by atoms with Crippen molar-refractivity contribution in [3.63, 3.8) is 0 Å². The Bertz CT molecular complexity index is 768. The Morgan fingerprint density at radius 2 is 1.88 bits per heavy atom. The van der Waals surface area contributed by atoms with Crippen molar-refractivity contribution in [1.29, 1.82) is 0 Å². The second-order valence-electron chi connectivity index (χ2n) is 5.11. The van der Waals surface area contributed by atoms with E-state index >= 15 is 0 Å². The fourth-order valence-electron chi connectivity index (χ4n) is 2.14. The molecule has 0 saturated heterocycles. The predicted octanol–water partition coefficient (Wildman–Crippen LogP) is 4.22. The van der Waals surface area contributed by atoms with E-state index in [9.17, 15) is 9.59 Å². The van der Waals surface area contributed by atoms with Gasteiger partial charge in [-0.05, 0) is 36.8 Å². The van der Waals surface area contributed by atoms with Crippen LogP contribution in [0.4, 0.5) is 0 Å². The molecule has 2 rings (SSSR count). The zero-order valence-corrected chi connectivity index (χ0v) is 16.0. The van der Waals surface area contributed by atoms with Crippen LogP contribution in [-0.4, -0.2) is 32.1 Å². The van der Waals surface area contributed by atoms with Crippen molar-refractivity contribution < 1.29 is 23.8 Å². The molecule has 0 aliphatic heterocycles. The molecule has 0 N–H and O–H groups in total. The number of benzene rings is 2. The van der Waals surface area contributed by atoms with E-state index in [1.807, 2.05) is 13.0 Å². The highest BCUT2D eigenvalue weighted by Gasteiger charge is 2.15. The first kappa shape index (κ1) is 19.3. The van der Waals surface area contributed by atoms with E-state index < -0.39 is 12.6 Å². The van der Waals surface area contributed by atoms with E-state index in [1.165, 1.54) is 7.11 Å². The SMILES string of the molecule is COc1ccccc1C(=O)COC(=O)COc1c(C)cc(Br)cc1Cl. The minimum Gasteiger partial charge on any atom is -0.496 e. The van der Waals surface area contributed by atoms with Crippen LogP contribution in [0.25, 0.3) is 0 Å². The van der Waals surface area contributed by atoms with E-state index in [-0.39, 0.29) is 12.4 Å². The second kappa shape index (κ2) is 8.87. The van der Waals surface area contributed by atoms with E-state index in [0.717, 1.165) is 10.0 Å². The number of carbonyl (C=O) groups excluding carboxylic acids is 2. The molecular weight excluding hydrogens is 412 g/mol. The zero-order chi connectivity index (χ0) is 18.4. The summed E-state index contributed by atoms with van der Waals surface area (Å²) in [5.41, 5.74) is 1.13. The van der Waals surface area contributed by atoms with E-state index in [1.54, 1.807) is 30.3 Å². The number of ketones is 1. The molecule has 0 heterocycles. The minimum absolute atomic E-state index is 0.346. The molecule has 0 aliphatic rings. The predicted molar refractivity (Wildman–Crippen MR) is 97.7 cm³/mol. The van der Waals surface area contributed by atoms with Gasteiger partial charge in [0.2, 0.25) is 5.78 Å². The molecule has 2 aromatic rings. The lowest BCUT2D eigenvalue weighted by Gasteiger charge is -2.11. The van der Waals surface area contributed by atoms with Crippen molar-refractivity contribution in [3.8, 4) is 11.5 Å². The topological polar surface area (TPSA) is 61.8 Å². The summed E-state index contributed by atoms with van der Waals surface area (Å²) in [7, 11) is 1.47. The van der Waals surface area contributed by atoms with Gasteiger partial charge < -0.3 is 14.2 Å². The molecule has 0 amide bonds. The van der Waals surface area contributed by atoms with Crippen molar-refractivity contribution >= 4 is 39.3 Å². The van der Waals surface area contributed by atoms with Crippen LogP contribution in [0.15, 0.2) is 40.9 Å². The van der Waals surface area contributed by atoms with Crippen LogP contribution in [0.1, 0.15) is 15.9 Å². The van der Waals surface area contributed by atoms with Gasteiger partial charge in [-0.3, -0.25) is 4.79 Å². The number of hydrogen-bond donors (Lipinski definition) is 0. The summed E-state index contributed by atoms with van der Waals surface area (Å²) in [6.07, 6.45) is 0. The molecule has 25 heavy (non-hydrogen) atoms. The van der Waals surface area contributed by atoms with Gasteiger partial charge in [0.15, 0.2) is 13.2 Å². The minimum atomic E-state index is -0.665. The number of carbonyl (C=O) groups is 2. The van der Waals surface area contributed by atoms with Gasteiger partial charge in [-0.2, -0.15) is 0 Å². The average Bonchev–Trinajstić information content (AvgIpc) is 2.58. The van der Waals surface area contributed by atoms with E-state index in [2.05, 4.69) is 15.9 Å². The quantitative estimate of drug-likeness (QED) is 0.489. The number of para-hydroxylation sites is 1. The summed E-state index contributed by atoms with van der Waals surface area (Å²) < 4.78 is 16.3. The number of rotatable bonds is 7. The molecule has 132 valence electrons. The summed E-state index contributed by atoms with van der Waals surface area (Å²) in [6, 6.07) is 10.2. The maximum absolute atomic E-state index is 12.1. The lowest BCUT2D eigenvalue weighted by Crippen LogP contribution is -2.20. The number of Topliss-reactive ketones (excluding diaryl/α,β-unsaturated/α-hetero) is 1. The molecule has 5 nitrogen and oxygen atoms in total. The Morgan fingerprint density at radius 3 is 2.56 bits per heavy atom. The van der Waals surface area contributed by atoms with Gasteiger partial charge >= 0.3 is 5.97 Å². The van der Waals surface area contributed by atoms with Crippen LogP contribution in [0.2, 0.25) is 5.02 Å². The van der Waals surface area contributed by atoms with Gasteiger partial charge in [-0.25, -0.2) is 4.79 Å². The molecule has 0 spiro atoms. The number of hydrogen-bond acceptors (Lipinski definition) is 5. The second-order valence-corrected chi connectivity index (χ2v) is 6.43. The first-order valence-corrected chi connectivity index (χ1v) is 8.49. The van der Waals surface area contributed by atoms with Gasteiger partial charge in [0, 0.05) is 4.47 Å². The number of esters is 1. The van der Waals surface area contributed by atoms with E-state index in [4.69, 9.17) is 25.8 Å². The highest BCUT2D eigenvalue weighted by atomic mass is 79.9. The van der Waals surface area contributed by atoms with Crippen molar-refractivity contribution in [2.75, 3.05) is 20.3 Å². The Kier molecular flexibility index (Phi) is 6.84. The first-order chi connectivity index (χ1) is 11.9. The lowest BCUT2D eigenvalue weighted by atomic mass is 10.1. The summed E-state index contributed by atoms with van der Waals surface area (Å²) in [5.74, 6) is -0.194. The Balaban J connectivity index is 1.90. The van der Waals surface area contributed by atoms with Gasteiger partial charge in [-0.1, -0.05) is 39.7 Å². The molecule has 7 heteroatoms. The number of halogens is 2. The molecule has 0 fully saturated rings. The largest absolute Gasteiger partial charge is 0.496 e. The molecule has 0 aromatic heterocycles. The first-order valence-electron chi connectivity index (χ1n) is 7.32. The highest BCUT2D eigenvalue weighted by molar-refractivity contribution is 9.10. The van der Waals surface area contributed by atoms with Crippen molar-refractivity contribution in [2.24, 2.45) is 0 Å². The summed E-state index contributed by atoms with van der Waals surface area (Å²) in [5, 5.41) is 0.379. The Labute approximate surface area is 159 Å². The van der Waals surface area contributed by atoms with Crippen molar-refractivity contribution in [3.05, 3.63) is 57.0 Å². The average molecular weight is 428 g/mol. The van der Waals surface area contributed by atoms with Gasteiger partial charge in [0.25, 0.3) is 0 Å². The standard InChI is InChI=1S/C18H16BrClO5/c1-11-7-12(19)8-14(20)18(11)25-10-17(22)24-9-15(21)13-5-3-4-6-16(13)23-2/h3-8H,9-10H2,1-2H3.